The second kappa shape index (κ2) is 4.72. The molecule has 0 saturated heterocycles. The molecule has 0 aliphatic heterocycles. The van der Waals surface area contributed by atoms with Gasteiger partial charge in [0.25, 0.3) is 0 Å². The quantitative estimate of drug-likeness (QED) is 0.853. The molecule has 82 valence electrons. The number of pyridine rings is 2. The zero-order valence-corrected chi connectivity index (χ0v) is 8.92. The van der Waals surface area contributed by atoms with Gasteiger partial charge in [0.15, 0.2) is 0 Å². The predicted molar refractivity (Wildman–Crippen MR) is 59.2 cm³/mol. The summed E-state index contributed by atoms with van der Waals surface area (Å²) in [4.78, 5) is 8.16. The average Bonchev–Trinajstić information content (AvgIpc) is 2.29. The lowest BCUT2D eigenvalue weighted by atomic mass is 10.2. The first kappa shape index (κ1) is 10.6. The SMILES string of the molecule is Cc1cc(CO)cc(Oc2cccnc2)n1. The van der Waals surface area contributed by atoms with Gasteiger partial charge in [0.1, 0.15) is 5.75 Å². The zero-order chi connectivity index (χ0) is 11.4. The summed E-state index contributed by atoms with van der Waals surface area (Å²) >= 11 is 0. The molecule has 0 aliphatic rings. The molecule has 0 aromatic carbocycles. The topological polar surface area (TPSA) is 55.2 Å². The third-order valence-electron chi connectivity index (χ3n) is 2.03. The number of aromatic nitrogens is 2. The maximum absolute atomic E-state index is 9.06. The van der Waals surface area contributed by atoms with Crippen molar-refractivity contribution in [1.82, 2.24) is 9.97 Å². The van der Waals surface area contributed by atoms with Crippen LogP contribution in [0.3, 0.4) is 0 Å². The van der Waals surface area contributed by atoms with Crippen molar-refractivity contribution < 1.29 is 9.84 Å². The molecule has 0 spiro atoms. The maximum Gasteiger partial charge on any atom is 0.219 e. The van der Waals surface area contributed by atoms with Gasteiger partial charge in [-0.1, -0.05) is 0 Å². The van der Waals surface area contributed by atoms with E-state index in [0.717, 1.165) is 11.3 Å². The highest BCUT2D eigenvalue weighted by Gasteiger charge is 2.02. The summed E-state index contributed by atoms with van der Waals surface area (Å²) in [6, 6.07) is 7.11. The molecule has 0 unspecified atom stereocenters. The van der Waals surface area contributed by atoms with Gasteiger partial charge in [0, 0.05) is 18.0 Å². The van der Waals surface area contributed by atoms with Crippen LogP contribution >= 0.6 is 0 Å². The molecular formula is C12H12N2O2. The Kier molecular flexibility index (Phi) is 3.12. The summed E-state index contributed by atoms with van der Waals surface area (Å²) in [6.07, 6.45) is 3.29. The van der Waals surface area contributed by atoms with Crippen LogP contribution in [0.1, 0.15) is 11.3 Å². The van der Waals surface area contributed by atoms with Crippen LogP contribution in [-0.4, -0.2) is 15.1 Å². The third kappa shape index (κ3) is 2.55. The van der Waals surface area contributed by atoms with Crippen molar-refractivity contribution in [1.29, 1.82) is 0 Å². The first-order valence-electron chi connectivity index (χ1n) is 4.94. The lowest BCUT2D eigenvalue weighted by Gasteiger charge is -2.06. The Balaban J connectivity index is 2.24. The van der Waals surface area contributed by atoms with E-state index in [1.165, 1.54) is 0 Å². The number of aryl methyl sites for hydroxylation is 1. The van der Waals surface area contributed by atoms with Gasteiger partial charge in [-0.05, 0) is 30.7 Å². The minimum absolute atomic E-state index is 0.0211. The van der Waals surface area contributed by atoms with Crippen molar-refractivity contribution in [3.05, 3.63) is 47.9 Å². The standard InChI is InChI=1S/C12H12N2O2/c1-9-5-10(8-15)6-12(14-9)16-11-3-2-4-13-7-11/h2-7,15H,8H2,1H3. The van der Waals surface area contributed by atoms with E-state index in [1.54, 1.807) is 30.6 Å². The second-order valence-corrected chi connectivity index (χ2v) is 3.40. The van der Waals surface area contributed by atoms with Gasteiger partial charge in [-0.2, -0.15) is 0 Å². The minimum atomic E-state index is -0.0211. The monoisotopic (exact) mass is 216 g/mol. The van der Waals surface area contributed by atoms with E-state index in [2.05, 4.69) is 9.97 Å². The predicted octanol–water partition coefficient (Wildman–Crippen LogP) is 2.07. The van der Waals surface area contributed by atoms with Gasteiger partial charge in [-0.25, -0.2) is 4.98 Å². The Morgan fingerprint density at radius 2 is 2.25 bits per heavy atom. The molecule has 2 aromatic heterocycles. The molecule has 0 aliphatic carbocycles. The summed E-state index contributed by atoms with van der Waals surface area (Å²) in [5.41, 5.74) is 1.59. The van der Waals surface area contributed by atoms with Crippen molar-refractivity contribution in [2.75, 3.05) is 0 Å². The number of rotatable bonds is 3. The van der Waals surface area contributed by atoms with E-state index < -0.39 is 0 Å². The second-order valence-electron chi connectivity index (χ2n) is 3.40. The highest BCUT2D eigenvalue weighted by Crippen LogP contribution is 2.19. The van der Waals surface area contributed by atoms with Crippen LogP contribution in [0, 0.1) is 6.92 Å². The zero-order valence-electron chi connectivity index (χ0n) is 8.92. The van der Waals surface area contributed by atoms with Crippen LogP contribution in [0.25, 0.3) is 0 Å². The smallest absolute Gasteiger partial charge is 0.219 e. The average molecular weight is 216 g/mol. The van der Waals surface area contributed by atoms with Crippen molar-refractivity contribution in [3.8, 4) is 11.6 Å². The molecule has 2 rings (SSSR count). The Morgan fingerprint density at radius 3 is 2.94 bits per heavy atom. The van der Waals surface area contributed by atoms with Crippen molar-refractivity contribution in [2.45, 2.75) is 13.5 Å². The van der Waals surface area contributed by atoms with E-state index >= 15 is 0 Å². The molecule has 2 aromatic rings. The van der Waals surface area contributed by atoms with Crippen LogP contribution in [0.4, 0.5) is 0 Å². The lowest BCUT2D eigenvalue weighted by Crippen LogP contribution is -1.93. The highest BCUT2D eigenvalue weighted by atomic mass is 16.5. The van der Waals surface area contributed by atoms with Gasteiger partial charge in [0.2, 0.25) is 5.88 Å². The fourth-order valence-electron chi connectivity index (χ4n) is 1.38. The molecule has 0 amide bonds. The molecule has 16 heavy (non-hydrogen) atoms. The number of aliphatic hydroxyl groups is 1. The molecule has 0 radical (unpaired) electrons. The first-order chi connectivity index (χ1) is 7.78. The normalized spacial score (nSPS) is 10.1. The van der Waals surface area contributed by atoms with E-state index in [-0.39, 0.29) is 6.61 Å². The van der Waals surface area contributed by atoms with E-state index in [0.29, 0.717) is 11.6 Å². The Hall–Kier alpha value is -1.94. The number of nitrogens with zero attached hydrogens (tertiary/aromatic N) is 2. The van der Waals surface area contributed by atoms with Gasteiger partial charge < -0.3 is 9.84 Å². The van der Waals surface area contributed by atoms with Crippen LogP contribution in [0.2, 0.25) is 0 Å². The van der Waals surface area contributed by atoms with Crippen LogP contribution < -0.4 is 4.74 Å². The molecule has 2 heterocycles. The van der Waals surface area contributed by atoms with E-state index in [4.69, 9.17) is 9.84 Å². The Morgan fingerprint density at radius 1 is 1.38 bits per heavy atom. The maximum atomic E-state index is 9.06. The van der Waals surface area contributed by atoms with Crippen molar-refractivity contribution >= 4 is 0 Å². The molecule has 1 N–H and O–H groups in total. The molecule has 0 fully saturated rings. The molecule has 0 atom stereocenters. The van der Waals surface area contributed by atoms with Crippen LogP contribution in [-0.2, 0) is 6.61 Å². The van der Waals surface area contributed by atoms with Gasteiger partial charge in [-0.3, -0.25) is 4.98 Å². The number of ether oxygens (including phenoxy) is 1. The van der Waals surface area contributed by atoms with Gasteiger partial charge in [-0.15, -0.1) is 0 Å². The highest BCUT2D eigenvalue weighted by molar-refractivity contribution is 5.28. The Bertz CT molecular complexity index is 472. The summed E-state index contributed by atoms with van der Waals surface area (Å²) in [6.45, 7) is 1.84. The van der Waals surface area contributed by atoms with Gasteiger partial charge in [0.05, 0.1) is 12.8 Å². The number of hydrogen-bond acceptors (Lipinski definition) is 4. The van der Waals surface area contributed by atoms with Crippen molar-refractivity contribution in [3.63, 3.8) is 0 Å². The number of hydrogen-bond donors (Lipinski definition) is 1. The van der Waals surface area contributed by atoms with Crippen LogP contribution in [0.15, 0.2) is 36.7 Å². The van der Waals surface area contributed by atoms with E-state index in [1.807, 2.05) is 13.0 Å². The Labute approximate surface area is 93.6 Å². The molecule has 0 saturated carbocycles. The van der Waals surface area contributed by atoms with E-state index in [9.17, 15) is 0 Å². The molecule has 4 heteroatoms. The summed E-state index contributed by atoms with van der Waals surface area (Å²) in [5, 5.41) is 9.06. The molecular weight excluding hydrogens is 204 g/mol. The van der Waals surface area contributed by atoms with Crippen LogP contribution in [0.5, 0.6) is 11.6 Å². The fourth-order valence-corrected chi connectivity index (χ4v) is 1.38. The number of aliphatic hydroxyl groups excluding tert-OH is 1. The van der Waals surface area contributed by atoms with Gasteiger partial charge >= 0.3 is 0 Å². The third-order valence-corrected chi connectivity index (χ3v) is 2.03. The first-order valence-corrected chi connectivity index (χ1v) is 4.94. The summed E-state index contributed by atoms with van der Waals surface area (Å²) in [5.74, 6) is 1.10. The fraction of sp³-hybridized carbons (Fsp3) is 0.167. The largest absolute Gasteiger partial charge is 0.437 e. The lowest BCUT2D eigenvalue weighted by molar-refractivity contribution is 0.281. The van der Waals surface area contributed by atoms with Crippen molar-refractivity contribution in [2.24, 2.45) is 0 Å². The summed E-state index contributed by atoms with van der Waals surface area (Å²) in [7, 11) is 0. The molecule has 0 bridgehead atoms. The summed E-state index contributed by atoms with van der Waals surface area (Å²) < 4.78 is 5.52. The minimum Gasteiger partial charge on any atom is -0.437 e. The molecule has 4 nitrogen and oxygen atoms in total.